The van der Waals surface area contributed by atoms with E-state index in [4.69, 9.17) is 5.73 Å². The average molecular weight is 174 g/mol. The zero-order valence-electron chi connectivity index (χ0n) is 7.96. The van der Waals surface area contributed by atoms with Gasteiger partial charge >= 0.3 is 0 Å². The normalized spacial score (nSPS) is 12.2. The lowest BCUT2D eigenvalue weighted by molar-refractivity contribution is 0.559. The van der Waals surface area contributed by atoms with Crippen LogP contribution in [0.15, 0.2) is 30.5 Å². The highest BCUT2D eigenvalue weighted by atomic mass is 14.7. The Morgan fingerprint density at radius 1 is 1.23 bits per heavy atom. The Morgan fingerprint density at radius 3 is 2.69 bits per heavy atom. The zero-order valence-corrected chi connectivity index (χ0v) is 7.96. The lowest BCUT2D eigenvalue weighted by Gasteiger charge is -2.19. The number of hydrogen-bond donors (Lipinski definition) is 2. The average Bonchev–Trinajstić information content (AvgIpc) is 2.48. The van der Waals surface area contributed by atoms with Crippen LogP contribution in [0.3, 0.4) is 0 Å². The van der Waals surface area contributed by atoms with E-state index in [0.717, 1.165) is 11.1 Å². The van der Waals surface area contributed by atoms with Crippen LogP contribution >= 0.6 is 0 Å². The van der Waals surface area contributed by atoms with Crippen molar-refractivity contribution in [3.05, 3.63) is 36.0 Å². The first-order valence-electron chi connectivity index (χ1n) is 4.44. The minimum Gasteiger partial charge on any atom is -0.361 e. The first kappa shape index (κ1) is 8.32. The van der Waals surface area contributed by atoms with Gasteiger partial charge in [0.05, 0.1) is 5.52 Å². The molecule has 0 saturated carbocycles. The van der Waals surface area contributed by atoms with Crippen LogP contribution in [0.4, 0.5) is 0 Å². The highest BCUT2D eigenvalue weighted by Crippen LogP contribution is 2.25. The summed E-state index contributed by atoms with van der Waals surface area (Å²) in [5.41, 5.74) is 8.08. The van der Waals surface area contributed by atoms with Gasteiger partial charge in [0.1, 0.15) is 0 Å². The minimum absolute atomic E-state index is 0.287. The Kier molecular flexibility index (Phi) is 1.67. The second-order valence-corrected chi connectivity index (χ2v) is 3.97. The van der Waals surface area contributed by atoms with E-state index in [2.05, 4.69) is 23.2 Å². The SMILES string of the molecule is CC(C)(N)c1cccc2cc[nH]c12. The van der Waals surface area contributed by atoms with Crippen LogP contribution in [-0.4, -0.2) is 4.98 Å². The number of H-pyrrole nitrogens is 1. The van der Waals surface area contributed by atoms with Crippen molar-refractivity contribution in [1.29, 1.82) is 0 Å². The van der Waals surface area contributed by atoms with E-state index in [-0.39, 0.29) is 5.54 Å². The summed E-state index contributed by atoms with van der Waals surface area (Å²) in [5, 5.41) is 1.22. The lowest BCUT2D eigenvalue weighted by atomic mass is 9.94. The van der Waals surface area contributed by atoms with E-state index >= 15 is 0 Å². The van der Waals surface area contributed by atoms with Gasteiger partial charge in [-0.15, -0.1) is 0 Å². The third-order valence-corrected chi connectivity index (χ3v) is 2.28. The molecule has 0 aliphatic carbocycles. The standard InChI is InChI=1S/C11H14N2/c1-11(2,12)9-5-3-4-8-6-7-13-10(8)9/h3-7,13H,12H2,1-2H3. The van der Waals surface area contributed by atoms with E-state index in [0.29, 0.717) is 0 Å². The Morgan fingerprint density at radius 2 is 2.00 bits per heavy atom. The zero-order chi connectivity index (χ0) is 9.47. The summed E-state index contributed by atoms with van der Waals surface area (Å²) in [6, 6.07) is 8.25. The number of aromatic amines is 1. The summed E-state index contributed by atoms with van der Waals surface area (Å²) in [6.07, 6.45) is 1.94. The van der Waals surface area contributed by atoms with E-state index < -0.39 is 0 Å². The second kappa shape index (κ2) is 2.60. The quantitative estimate of drug-likeness (QED) is 0.684. The molecular weight excluding hydrogens is 160 g/mol. The van der Waals surface area contributed by atoms with Crippen molar-refractivity contribution in [1.82, 2.24) is 4.98 Å². The maximum atomic E-state index is 6.06. The molecule has 1 aromatic heterocycles. The van der Waals surface area contributed by atoms with Crippen molar-refractivity contribution in [2.75, 3.05) is 0 Å². The molecule has 0 fully saturated rings. The summed E-state index contributed by atoms with van der Waals surface area (Å²) in [5.74, 6) is 0. The minimum atomic E-state index is -0.287. The molecule has 0 atom stereocenters. The summed E-state index contributed by atoms with van der Waals surface area (Å²) in [6.45, 7) is 4.03. The number of benzene rings is 1. The van der Waals surface area contributed by atoms with Gasteiger partial charge in [0, 0.05) is 11.7 Å². The topological polar surface area (TPSA) is 41.8 Å². The summed E-state index contributed by atoms with van der Waals surface area (Å²) in [4.78, 5) is 3.21. The van der Waals surface area contributed by atoms with Gasteiger partial charge in [-0.1, -0.05) is 18.2 Å². The molecule has 0 spiro atoms. The molecule has 1 aromatic carbocycles. The molecule has 2 nitrogen and oxygen atoms in total. The molecular formula is C11H14N2. The van der Waals surface area contributed by atoms with Crippen LogP contribution in [0.1, 0.15) is 19.4 Å². The maximum absolute atomic E-state index is 6.06. The van der Waals surface area contributed by atoms with Crippen LogP contribution in [0.2, 0.25) is 0 Å². The van der Waals surface area contributed by atoms with Crippen molar-refractivity contribution in [2.45, 2.75) is 19.4 Å². The molecule has 0 amide bonds. The third kappa shape index (κ3) is 1.33. The fourth-order valence-electron chi connectivity index (χ4n) is 1.62. The molecule has 2 aromatic rings. The monoisotopic (exact) mass is 174 g/mol. The van der Waals surface area contributed by atoms with Crippen molar-refractivity contribution in [2.24, 2.45) is 5.73 Å². The molecule has 3 N–H and O–H groups in total. The first-order chi connectivity index (χ1) is 6.09. The predicted molar refractivity (Wildman–Crippen MR) is 55.5 cm³/mol. The molecule has 68 valence electrons. The van der Waals surface area contributed by atoms with E-state index in [1.54, 1.807) is 0 Å². The second-order valence-electron chi connectivity index (χ2n) is 3.97. The summed E-state index contributed by atoms with van der Waals surface area (Å²) < 4.78 is 0. The number of aromatic nitrogens is 1. The highest BCUT2D eigenvalue weighted by Gasteiger charge is 2.16. The van der Waals surface area contributed by atoms with Gasteiger partial charge in [0.25, 0.3) is 0 Å². The lowest BCUT2D eigenvalue weighted by Crippen LogP contribution is -2.28. The molecule has 0 radical (unpaired) electrons. The van der Waals surface area contributed by atoms with Crippen molar-refractivity contribution < 1.29 is 0 Å². The summed E-state index contributed by atoms with van der Waals surface area (Å²) in [7, 11) is 0. The number of nitrogens with one attached hydrogen (secondary N) is 1. The van der Waals surface area contributed by atoms with Crippen LogP contribution in [0.25, 0.3) is 10.9 Å². The van der Waals surface area contributed by atoms with Crippen LogP contribution in [0, 0.1) is 0 Å². The van der Waals surface area contributed by atoms with Crippen molar-refractivity contribution in [3.63, 3.8) is 0 Å². The van der Waals surface area contributed by atoms with Gasteiger partial charge in [-0.2, -0.15) is 0 Å². The Hall–Kier alpha value is -1.28. The van der Waals surface area contributed by atoms with E-state index in [1.165, 1.54) is 5.39 Å². The smallest absolute Gasteiger partial charge is 0.0504 e. The maximum Gasteiger partial charge on any atom is 0.0504 e. The number of nitrogens with two attached hydrogens (primary N) is 1. The Labute approximate surface area is 77.8 Å². The van der Waals surface area contributed by atoms with Gasteiger partial charge in [-0.05, 0) is 30.9 Å². The van der Waals surface area contributed by atoms with Gasteiger partial charge in [0.2, 0.25) is 0 Å². The molecule has 0 bridgehead atoms. The molecule has 0 aliphatic heterocycles. The highest BCUT2D eigenvalue weighted by molar-refractivity contribution is 5.83. The molecule has 0 unspecified atom stereocenters. The number of rotatable bonds is 1. The predicted octanol–water partition coefficient (Wildman–Crippen LogP) is 2.36. The van der Waals surface area contributed by atoms with E-state index in [1.807, 2.05) is 26.1 Å². The molecule has 0 saturated heterocycles. The van der Waals surface area contributed by atoms with Crippen LogP contribution in [-0.2, 0) is 5.54 Å². The molecule has 0 aliphatic rings. The van der Waals surface area contributed by atoms with E-state index in [9.17, 15) is 0 Å². The number of hydrogen-bond acceptors (Lipinski definition) is 1. The van der Waals surface area contributed by atoms with Gasteiger partial charge in [-0.25, -0.2) is 0 Å². The van der Waals surface area contributed by atoms with Gasteiger partial charge in [-0.3, -0.25) is 0 Å². The largest absolute Gasteiger partial charge is 0.361 e. The first-order valence-corrected chi connectivity index (χ1v) is 4.44. The van der Waals surface area contributed by atoms with Crippen LogP contribution < -0.4 is 5.73 Å². The van der Waals surface area contributed by atoms with Gasteiger partial charge in [0.15, 0.2) is 0 Å². The third-order valence-electron chi connectivity index (χ3n) is 2.28. The molecule has 13 heavy (non-hydrogen) atoms. The molecule has 2 rings (SSSR count). The summed E-state index contributed by atoms with van der Waals surface area (Å²) >= 11 is 0. The molecule has 1 heterocycles. The fraction of sp³-hybridized carbons (Fsp3) is 0.273. The van der Waals surface area contributed by atoms with Crippen molar-refractivity contribution in [3.8, 4) is 0 Å². The van der Waals surface area contributed by atoms with Crippen molar-refractivity contribution >= 4 is 10.9 Å². The number of fused-ring (bicyclic) bond motifs is 1. The fourth-order valence-corrected chi connectivity index (χ4v) is 1.62. The Balaban J connectivity index is 2.75. The molecule has 2 heteroatoms. The van der Waals surface area contributed by atoms with Crippen LogP contribution in [0.5, 0.6) is 0 Å². The van der Waals surface area contributed by atoms with Gasteiger partial charge < -0.3 is 10.7 Å². The Bertz CT molecular complexity index is 421. The number of para-hydroxylation sites is 1.